The summed E-state index contributed by atoms with van der Waals surface area (Å²) < 4.78 is 4.97. The molecule has 2 rings (SSSR count). The number of phenolic OH excluding ortho intramolecular Hbond substituents is 1. The Morgan fingerprint density at radius 1 is 1.16 bits per heavy atom. The predicted octanol–water partition coefficient (Wildman–Crippen LogP) is 1.72. The number of carbonyl (C=O) groups is 2. The third-order valence-corrected chi connectivity index (χ3v) is 2.43. The Morgan fingerprint density at radius 2 is 1.84 bits per heavy atom. The molecule has 0 saturated carbocycles. The van der Waals surface area contributed by atoms with Crippen molar-refractivity contribution in [2.45, 2.75) is 0 Å². The molecule has 0 saturated heterocycles. The molecule has 2 N–H and O–H groups in total. The van der Waals surface area contributed by atoms with Gasteiger partial charge in [-0.05, 0) is 36.4 Å². The lowest BCUT2D eigenvalue weighted by Gasteiger charge is -2.19. The molecule has 0 spiro atoms. The molecule has 0 bridgehead atoms. The summed E-state index contributed by atoms with van der Waals surface area (Å²) in [4.78, 5) is 24.0. The van der Waals surface area contributed by atoms with Gasteiger partial charge in [0.15, 0.2) is 5.76 Å². The molecule has 1 heterocycles. The molecule has 0 aliphatic rings. The zero-order valence-corrected chi connectivity index (χ0v) is 9.81. The zero-order valence-electron chi connectivity index (χ0n) is 9.81. The van der Waals surface area contributed by atoms with Crippen molar-refractivity contribution in [3.63, 3.8) is 0 Å². The first-order valence-electron chi connectivity index (χ1n) is 5.44. The van der Waals surface area contributed by atoms with Crippen LogP contribution in [-0.4, -0.2) is 28.6 Å². The molecule has 19 heavy (non-hydrogen) atoms. The maximum Gasteiger partial charge on any atom is 0.323 e. The van der Waals surface area contributed by atoms with E-state index in [1.165, 1.54) is 36.6 Å². The molecule has 1 amide bonds. The summed E-state index contributed by atoms with van der Waals surface area (Å²) in [6.07, 6.45) is 1.34. The number of benzene rings is 1. The first-order chi connectivity index (χ1) is 9.08. The number of anilines is 1. The second-order valence-corrected chi connectivity index (χ2v) is 3.78. The van der Waals surface area contributed by atoms with Crippen LogP contribution in [0.2, 0.25) is 0 Å². The van der Waals surface area contributed by atoms with Gasteiger partial charge in [0.1, 0.15) is 12.3 Å². The number of carboxylic acid groups (broad SMARTS) is 1. The van der Waals surface area contributed by atoms with E-state index in [9.17, 15) is 14.7 Å². The van der Waals surface area contributed by atoms with Gasteiger partial charge in [-0.15, -0.1) is 0 Å². The predicted molar refractivity (Wildman–Crippen MR) is 66.1 cm³/mol. The minimum Gasteiger partial charge on any atom is -0.508 e. The molecule has 0 aliphatic carbocycles. The van der Waals surface area contributed by atoms with E-state index in [0.29, 0.717) is 5.69 Å². The summed E-state index contributed by atoms with van der Waals surface area (Å²) in [6.45, 7) is -0.496. The van der Waals surface area contributed by atoms with Gasteiger partial charge >= 0.3 is 5.97 Å². The molecule has 0 radical (unpaired) electrons. The van der Waals surface area contributed by atoms with E-state index in [4.69, 9.17) is 9.52 Å². The van der Waals surface area contributed by atoms with Gasteiger partial charge in [-0.25, -0.2) is 0 Å². The molecule has 98 valence electrons. The minimum absolute atomic E-state index is 0.0319. The van der Waals surface area contributed by atoms with Crippen molar-refractivity contribution in [3.8, 4) is 5.75 Å². The summed E-state index contributed by atoms with van der Waals surface area (Å²) in [5, 5.41) is 18.1. The van der Waals surface area contributed by atoms with Gasteiger partial charge in [-0.2, -0.15) is 0 Å². The molecule has 0 atom stereocenters. The Morgan fingerprint density at radius 3 is 2.37 bits per heavy atom. The van der Waals surface area contributed by atoms with E-state index in [1.807, 2.05) is 0 Å². The number of phenols is 1. The summed E-state index contributed by atoms with van der Waals surface area (Å²) >= 11 is 0. The highest BCUT2D eigenvalue weighted by Crippen LogP contribution is 2.20. The smallest absolute Gasteiger partial charge is 0.323 e. The second-order valence-electron chi connectivity index (χ2n) is 3.78. The van der Waals surface area contributed by atoms with Gasteiger partial charge in [0.2, 0.25) is 0 Å². The quantitative estimate of drug-likeness (QED) is 0.874. The topological polar surface area (TPSA) is 91.0 Å². The Labute approximate surface area is 108 Å². The molecule has 1 aromatic carbocycles. The highest BCUT2D eigenvalue weighted by molar-refractivity contribution is 6.06. The molecule has 0 fully saturated rings. The van der Waals surface area contributed by atoms with E-state index in [1.54, 1.807) is 6.07 Å². The second kappa shape index (κ2) is 5.26. The maximum atomic E-state index is 12.1. The first-order valence-corrected chi connectivity index (χ1v) is 5.44. The molecule has 2 aromatic rings. The van der Waals surface area contributed by atoms with Gasteiger partial charge in [0.05, 0.1) is 6.26 Å². The lowest BCUT2D eigenvalue weighted by atomic mass is 10.2. The molecular weight excluding hydrogens is 250 g/mol. The molecule has 6 nitrogen and oxygen atoms in total. The van der Waals surface area contributed by atoms with Crippen molar-refractivity contribution in [1.29, 1.82) is 0 Å². The fraction of sp³-hybridized carbons (Fsp3) is 0.0769. The summed E-state index contributed by atoms with van der Waals surface area (Å²) in [5.41, 5.74) is 0.363. The number of rotatable bonds is 4. The maximum absolute atomic E-state index is 12.1. The van der Waals surface area contributed by atoms with E-state index < -0.39 is 18.4 Å². The molecule has 6 heteroatoms. The van der Waals surface area contributed by atoms with Crippen LogP contribution in [0.15, 0.2) is 47.1 Å². The molecular formula is C13H11NO5. The van der Waals surface area contributed by atoms with Gasteiger partial charge in [-0.1, -0.05) is 0 Å². The van der Waals surface area contributed by atoms with Crippen molar-refractivity contribution in [1.82, 2.24) is 0 Å². The van der Waals surface area contributed by atoms with Gasteiger partial charge in [-0.3, -0.25) is 14.5 Å². The Bertz CT molecular complexity index is 574. The number of amides is 1. The SMILES string of the molecule is O=C(O)CN(C(=O)c1ccco1)c1ccc(O)cc1. The number of carbonyl (C=O) groups excluding carboxylic acids is 1. The highest BCUT2D eigenvalue weighted by atomic mass is 16.4. The number of furan rings is 1. The zero-order chi connectivity index (χ0) is 13.8. The van der Waals surface area contributed by atoms with Crippen LogP contribution in [0.1, 0.15) is 10.6 Å². The van der Waals surface area contributed by atoms with Crippen molar-refractivity contribution in [2.75, 3.05) is 11.4 Å². The van der Waals surface area contributed by atoms with Gasteiger partial charge < -0.3 is 14.6 Å². The Balaban J connectivity index is 2.33. The lowest BCUT2D eigenvalue weighted by Crippen LogP contribution is -2.35. The van der Waals surface area contributed by atoms with Crippen LogP contribution >= 0.6 is 0 Å². The summed E-state index contributed by atoms with van der Waals surface area (Å²) in [7, 11) is 0. The number of aromatic hydroxyl groups is 1. The van der Waals surface area contributed by atoms with Crippen LogP contribution in [0, 0.1) is 0 Å². The highest BCUT2D eigenvalue weighted by Gasteiger charge is 2.22. The Hall–Kier alpha value is -2.76. The Kier molecular flexibility index (Phi) is 3.51. The molecule has 0 aliphatic heterocycles. The van der Waals surface area contributed by atoms with Crippen molar-refractivity contribution < 1.29 is 24.2 Å². The monoisotopic (exact) mass is 261 g/mol. The van der Waals surface area contributed by atoms with Gasteiger partial charge in [0.25, 0.3) is 5.91 Å². The van der Waals surface area contributed by atoms with Crippen LogP contribution < -0.4 is 4.90 Å². The lowest BCUT2D eigenvalue weighted by molar-refractivity contribution is -0.135. The number of hydrogen-bond acceptors (Lipinski definition) is 4. The fourth-order valence-corrected chi connectivity index (χ4v) is 1.58. The van der Waals surface area contributed by atoms with E-state index in [-0.39, 0.29) is 11.5 Å². The molecule has 0 unspecified atom stereocenters. The average molecular weight is 261 g/mol. The molecule has 1 aromatic heterocycles. The number of hydrogen-bond donors (Lipinski definition) is 2. The van der Waals surface area contributed by atoms with Crippen LogP contribution in [-0.2, 0) is 4.79 Å². The van der Waals surface area contributed by atoms with Crippen LogP contribution in [0.3, 0.4) is 0 Å². The normalized spacial score (nSPS) is 10.1. The fourth-order valence-electron chi connectivity index (χ4n) is 1.58. The summed E-state index contributed by atoms with van der Waals surface area (Å²) in [6, 6.07) is 8.66. The average Bonchev–Trinajstić information content (AvgIpc) is 2.90. The van der Waals surface area contributed by atoms with Crippen molar-refractivity contribution >= 4 is 17.6 Å². The van der Waals surface area contributed by atoms with Crippen LogP contribution in [0.4, 0.5) is 5.69 Å². The van der Waals surface area contributed by atoms with E-state index in [2.05, 4.69) is 0 Å². The van der Waals surface area contributed by atoms with Crippen LogP contribution in [0.5, 0.6) is 5.75 Å². The summed E-state index contributed by atoms with van der Waals surface area (Å²) in [5.74, 6) is -1.62. The van der Waals surface area contributed by atoms with Crippen molar-refractivity contribution in [3.05, 3.63) is 48.4 Å². The largest absolute Gasteiger partial charge is 0.508 e. The third-order valence-electron chi connectivity index (χ3n) is 2.43. The standard InChI is InChI=1S/C13H11NO5/c15-10-5-3-9(4-6-10)14(8-12(16)17)13(18)11-2-1-7-19-11/h1-7,15H,8H2,(H,16,17). The number of aliphatic carboxylic acids is 1. The number of nitrogens with zero attached hydrogens (tertiary/aromatic N) is 1. The third kappa shape index (κ3) is 2.92. The first kappa shape index (κ1) is 12.7. The van der Waals surface area contributed by atoms with Crippen molar-refractivity contribution in [2.24, 2.45) is 0 Å². The van der Waals surface area contributed by atoms with E-state index >= 15 is 0 Å². The number of carboxylic acids is 1. The van der Waals surface area contributed by atoms with Crippen LogP contribution in [0.25, 0.3) is 0 Å². The van der Waals surface area contributed by atoms with Gasteiger partial charge in [0, 0.05) is 5.69 Å². The van der Waals surface area contributed by atoms with E-state index in [0.717, 1.165) is 4.90 Å². The minimum atomic E-state index is -1.15.